The van der Waals surface area contributed by atoms with Gasteiger partial charge in [0.15, 0.2) is 0 Å². The Morgan fingerprint density at radius 2 is 1.48 bits per heavy atom. The van der Waals surface area contributed by atoms with Gasteiger partial charge in [-0.15, -0.1) is 0 Å². The van der Waals surface area contributed by atoms with E-state index in [1.165, 1.54) is 21.9 Å². The minimum Gasteiger partial charge on any atom is -0.346 e. The van der Waals surface area contributed by atoms with Crippen molar-refractivity contribution >= 4 is 21.9 Å². The number of hydrogen-bond acceptors (Lipinski definition) is 2. The van der Waals surface area contributed by atoms with Gasteiger partial charge in [-0.1, -0.05) is 53.7 Å². The molecule has 0 radical (unpaired) electrons. The lowest BCUT2D eigenvalue weighted by atomic mass is 9.86. The van der Waals surface area contributed by atoms with Crippen LogP contribution in [-0.2, 0) is 10.8 Å². The molecule has 140 valence electrons. The molecule has 0 saturated carbocycles. The third-order valence-corrected chi connectivity index (χ3v) is 4.73. The van der Waals surface area contributed by atoms with Crippen molar-refractivity contribution in [3.8, 4) is 0 Å². The summed E-state index contributed by atoms with van der Waals surface area (Å²) in [5.74, 6) is 0. The van der Waals surface area contributed by atoms with Gasteiger partial charge in [0.2, 0.25) is 0 Å². The summed E-state index contributed by atoms with van der Waals surface area (Å²) in [6.07, 6.45) is 5.70. The number of fused-ring (bicyclic) bond motifs is 2. The summed E-state index contributed by atoms with van der Waals surface area (Å²) in [5, 5.41) is 2.45. The fourth-order valence-corrected chi connectivity index (χ4v) is 3.12. The fraction of sp³-hybridized carbons (Fsp3) is 0.333. The normalized spacial score (nSPS) is 12.1. The van der Waals surface area contributed by atoms with Crippen LogP contribution in [0.4, 0.5) is 0 Å². The van der Waals surface area contributed by atoms with Crippen molar-refractivity contribution in [1.29, 1.82) is 0 Å². The van der Waals surface area contributed by atoms with Gasteiger partial charge in [0, 0.05) is 29.4 Å². The number of aromatic amines is 1. The van der Waals surface area contributed by atoms with Crippen molar-refractivity contribution in [3.63, 3.8) is 0 Å². The zero-order valence-corrected chi connectivity index (χ0v) is 17.2. The van der Waals surface area contributed by atoms with Crippen LogP contribution in [0.1, 0.15) is 52.7 Å². The Hall–Kier alpha value is -2.68. The van der Waals surface area contributed by atoms with E-state index in [2.05, 4.69) is 93.0 Å². The van der Waals surface area contributed by atoms with E-state index in [1.807, 2.05) is 24.5 Å². The van der Waals surface area contributed by atoms with Crippen LogP contribution in [0.15, 0.2) is 61.1 Å². The second-order valence-corrected chi connectivity index (χ2v) is 9.01. The number of pyridine rings is 2. The van der Waals surface area contributed by atoms with E-state index in [9.17, 15) is 0 Å². The fourth-order valence-electron chi connectivity index (χ4n) is 3.12. The van der Waals surface area contributed by atoms with Crippen LogP contribution in [0.3, 0.4) is 0 Å². The van der Waals surface area contributed by atoms with Gasteiger partial charge in [-0.2, -0.15) is 0 Å². The Kier molecular flexibility index (Phi) is 5.05. The number of nitrogens with zero attached hydrogens (tertiary/aromatic N) is 2. The van der Waals surface area contributed by atoms with E-state index in [0.29, 0.717) is 0 Å². The molecular formula is C24H29N3. The van der Waals surface area contributed by atoms with E-state index in [0.717, 1.165) is 11.2 Å². The molecule has 0 bridgehead atoms. The highest BCUT2D eigenvalue weighted by Crippen LogP contribution is 2.28. The monoisotopic (exact) mass is 359 g/mol. The summed E-state index contributed by atoms with van der Waals surface area (Å²) >= 11 is 0. The zero-order valence-electron chi connectivity index (χ0n) is 17.2. The maximum atomic E-state index is 4.30. The standard InChI is InChI=1S/C13H15N.C11H14N2/c1-13(2,3)11-6-7-12-10(9-11)5-4-8-14-12;1-11(2,3)9-7-13-10-8(9)5-4-6-12-10/h4-9H,1-3H3;4-7H,1-3H3,(H,12,13). The van der Waals surface area contributed by atoms with Gasteiger partial charge in [0.25, 0.3) is 0 Å². The summed E-state index contributed by atoms with van der Waals surface area (Å²) in [4.78, 5) is 11.7. The van der Waals surface area contributed by atoms with Crippen molar-refractivity contribution in [2.45, 2.75) is 52.4 Å². The lowest BCUT2D eigenvalue weighted by Gasteiger charge is -2.19. The van der Waals surface area contributed by atoms with Crippen LogP contribution in [0, 0.1) is 0 Å². The van der Waals surface area contributed by atoms with E-state index < -0.39 is 0 Å². The first kappa shape index (κ1) is 19.1. The molecule has 27 heavy (non-hydrogen) atoms. The number of aromatic nitrogens is 3. The average Bonchev–Trinajstić information content (AvgIpc) is 3.05. The second-order valence-electron chi connectivity index (χ2n) is 9.01. The zero-order chi connectivity index (χ0) is 19.7. The largest absolute Gasteiger partial charge is 0.346 e. The van der Waals surface area contributed by atoms with Gasteiger partial charge in [-0.05, 0) is 52.3 Å². The number of benzene rings is 1. The number of nitrogens with one attached hydrogen (secondary N) is 1. The van der Waals surface area contributed by atoms with Crippen LogP contribution in [0.5, 0.6) is 0 Å². The highest BCUT2D eigenvalue weighted by atomic mass is 14.8. The molecule has 0 atom stereocenters. The third kappa shape index (κ3) is 4.36. The Labute approximate surface area is 161 Å². The maximum Gasteiger partial charge on any atom is 0.137 e. The molecule has 3 aromatic heterocycles. The van der Waals surface area contributed by atoms with E-state index >= 15 is 0 Å². The lowest BCUT2D eigenvalue weighted by molar-refractivity contribution is 0.591. The molecule has 4 rings (SSSR count). The molecule has 0 aliphatic carbocycles. The predicted molar refractivity (Wildman–Crippen MR) is 115 cm³/mol. The SMILES string of the molecule is CC(C)(C)c1c[nH]c2ncccc12.CC(C)(C)c1ccc2ncccc2c1. The number of hydrogen-bond donors (Lipinski definition) is 1. The molecule has 1 aromatic carbocycles. The van der Waals surface area contributed by atoms with E-state index in [1.54, 1.807) is 0 Å². The van der Waals surface area contributed by atoms with Gasteiger partial charge in [-0.3, -0.25) is 4.98 Å². The van der Waals surface area contributed by atoms with Gasteiger partial charge < -0.3 is 4.98 Å². The lowest BCUT2D eigenvalue weighted by Crippen LogP contribution is -2.10. The van der Waals surface area contributed by atoms with Crippen molar-refractivity contribution < 1.29 is 0 Å². The van der Waals surface area contributed by atoms with E-state index in [-0.39, 0.29) is 10.8 Å². The van der Waals surface area contributed by atoms with Gasteiger partial charge in [-0.25, -0.2) is 4.98 Å². The van der Waals surface area contributed by atoms with Crippen molar-refractivity contribution in [2.24, 2.45) is 0 Å². The van der Waals surface area contributed by atoms with Crippen molar-refractivity contribution in [3.05, 3.63) is 72.2 Å². The molecule has 0 saturated heterocycles. The van der Waals surface area contributed by atoms with Crippen LogP contribution in [0.2, 0.25) is 0 Å². The van der Waals surface area contributed by atoms with Gasteiger partial charge in [0.05, 0.1) is 5.52 Å². The van der Waals surface area contributed by atoms with E-state index in [4.69, 9.17) is 0 Å². The molecule has 0 aliphatic rings. The minimum atomic E-state index is 0.182. The van der Waals surface area contributed by atoms with Crippen LogP contribution in [-0.4, -0.2) is 15.0 Å². The smallest absolute Gasteiger partial charge is 0.137 e. The van der Waals surface area contributed by atoms with Crippen molar-refractivity contribution in [1.82, 2.24) is 15.0 Å². The Morgan fingerprint density at radius 3 is 2.19 bits per heavy atom. The highest BCUT2D eigenvalue weighted by Gasteiger charge is 2.17. The molecule has 4 aromatic rings. The molecule has 3 nitrogen and oxygen atoms in total. The number of H-pyrrole nitrogens is 1. The molecule has 1 N–H and O–H groups in total. The highest BCUT2D eigenvalue weighted by molar-refractivity contribution is 5.80. The first-order chi connectivity index (χ1) is 12.7. The molecule has 3 heterocycles. The Bertz CT molecular complexity index is 1050. The Balaban J connectivity index is 0.000000156. The minimum absolute atomic E-state index is 0.182. The molecule has 3 heteroatoms. The topological polar surface area (TPSA) is 41.6 Å². The summed E-state index contributed by atoms with van der Waals surface area (Å²) in [7, 11) is 0. The van der Waals surface area contributed by atoms with Crippen LogP contribution in [0.25, 0.3) is 21.9 Å². The first-order valence-electron chi connectivity index (χ1n) is 9.44. The van der Waals surface area contributed by atoms with Crippen molar-refractivity contribution in [2.75, 3.05) is 0 Å². The summed E-state index contributed by atoms with van der Waals surface area (Å²) in [6.45, 7) is 13.3. The average molecular weight is 360 g/mol. The predicted octanol–water partition coefficient (Wildman–Crippen LogP) is 6.39. The van der Waals surface area contributed by atoms with Gasteiger partial charge >= 0.3 is 0 Å². The second kappa shape index (κ2) is 7.15. The van der Waals surface area contributed by atoms with Crippen LogP contribution < -0.4 is 0 Å². The molecule has 0 spiro atoms. The third-order valence-electron chi connectivity index (χ3n) is 4.73. The molecule has 0 fully saturated rings. The molecule has 0 aliphatic heterocycles. The molecule has 0 amide bonds. The Morgan fingerprint density at radius 1 is 0.778 bits per heavy atom. The molecule has 0 unspecified atom stereocenters. The summed E-state index contributed by atoms with van der Waals surface area (Å²) in [5.41, 5.74) is 5.13. The van der Waals surface area contributed by atoms with Crippen LogP contribution >= 0.6 is 0 Å². The summed E-state index contributed by atoms with van der Waals surface area (Å²) in [6, 6.07) is 14.7. The number of rotatable bonds is 0. The maximum absolute atomic E-state index is 4.30. The van der Waals surface area contributed by atoms with Gasteiger partial charge in [0.1, 0.15) is 5.65 Å². The first-order valence-corrected chi connectivity index (χ1v) is 9.44. The quantitative estimate of drug-likeness (QED) is 0.395. The summed E-state index contributed by atoms with van der Waals surface area (Å²) < 4.78 is 0. The molecular weight excluding hydrogens is 330 g/mol.